The van der Waals surface area contributed by atoms with Crippen LogP contribution < -0.4 is 9.47 Å². The van der Waals surface area contributed by atoms with Crippen LogP contribution in [0.25, 0.3) is 11.0 Å². The van der Waals surface area contributed by atoms with Gasteiger partial charge in [-0.25, -0.2) is 19.9 Å². The molecule has 3 aromatic rings. The van der Waals surface area contributed by atoms with Gasteiger partial charge < -0.3 is 9.47 Å². The van der Waals surface area contributed by atoms with Crippen LogP contribution in [0.4, 0.5) is 0 Å². The first-order valence-electron chi connectivity index (χ1n) is 7.20. The van der Waals surface area contributed by atoms with Crippen LogP contribution in [0.2, 0.25) is 0 Å². The maximum atomic E-state index is 5.73. The zero-order valence-corrected chi connectivity index (χ0v) is 11.8. The van der Waals surface area contributed by atoms with Gasteiger partial charge in [-0.15, -0.1) is 0 Å². The number of rotatable bonds is 5. The summed E-state index contributed by atoms with van der Waals surface area (Å²) in [4.78, 5) is 16.6. The number of ether oxygens (including phenoxy) is 2. The fraction of sp³-hybridized carbons (Fsp3) is 0.250. The highest BCUT2D eigenvalue weighted by atomic mass is 16.5. The molecule has 0 aromatic carbocycles. The average Bonchev–Trinajstić information content (AvgIpc) is 3.38. The van der Waals surface area contributed by atoms with Crippen LogP contribution in [0.3, 0.4) is 0 Å². The number of pyridine rings is 2. The van der Waals surface area contributed by atoms with Gasteiger partial charge in [-0.3, -0.25) is 0 Å². The van der Waals surface area contributed by atoms with Crippen molar-refractivity contribution < 1.29 is 9.47 Å². The Morgan fingerprint density at radius 2 is 1.95 bits per heavy atom. The number of hydrogen-bond donors (Lipinski definition) is 0. The van der Waals surface area contributed by atoms with Crippen LogP contribution in [0.1, 0.15) is 12.8 Å². The lowest BCUT2D eigenvalue weighted by molar-refractivity contribution is 0.286. The third-order valence-electron chi connectivity index (χ3n) is 3.43. The molecule has 0 amide bonds. The molecule has 3 aromatic heterocycles. The predicted molar refractivity (Wildman–Crippen MR) is 79.9 cm³/mol. The molecule has 0 saturated heterocycles. The van der Waals surface area contributed by atoms with Gasteiger partial charge in [0, 0.05) is 11.6 Å². The second-order valence-electron chi connectivity index (χ2n) is 5.27. The number of fused-ring (bicyclic) bond motifs is 1. The van der Waals surface area contributed by atoms with Gasteiger partial charge in [0.05, 0.1) is 18.9 Å². The molecule has 4 rings (SSSR count). The van der Waals surface area contributed by atoms with Gasteiger partial charge in [0.1, 0.15) is 12.1 Å². The van der Waals surface area contributed by atoms with Crippen molar-refractivity contribution in [3.8, 4) is 17.5 Å². The summed E-state index contributed by atoms with van der Waals surface area (Å²) in [5.74, 6) is 2.25. The molecular weight excluding hydrogens is 280 g/mol. The molecule has 1 fully saturated rings. The Labute approximate surface area is 127 Å². The van der Waals surface area contributed by atoms with Crippen LogP contribution in [-0.4, -0.2) is 26.5 Å². The maximum absolute atomic E-state index is 5.73. The van der Waals surface area contributed by atoms with E-state index in [2.05, 4.69) is 19.9 Å². The Balaban J connectivity index is 1.52. The normalized spacial score (nSPS) is 14.0. The fourth-order valence-electron chi connectivity index (χ4n) is 2.07. The SMILES string of the molecule is c1cnc2ncc(Oc3cc(OCC4CC4)ncn3)cc2c1. The summed E-state index contributed by atoms with van der Waals surface area (Å²) in [6.07, 6.45) is 7.26. The summed E-state index contributed by atoms with van der Waals surface area (Å²) in [6.45, 7) is 0.708. The van der Waals surface area contributed by atoms with Gasteiger partial charge in [-0.05, 0) is 37.0 Å². The lowest BCUT2D eigenvalue weighted by atomic mass is 10.3. The Bertz CT molecular complexity index is 805. The third-order valence-corrected chi connectivity index (χ3v) is 3.43. The molecule has 1 aliphatic carbocycles. The van der Waals surface area contributed by atoms with E-state index in [1.807, 2.05) is 18.2 Å². The van der Waals surface area contributed by atoms with Crippen molar-refractivity contribution in [2.75, 3.05) is 6.61 Å². The van der Waals surface area contributed by atoms with Crippen LogP contribution in [0.15, 0.2) is 43.0 Å². The second kappa shape index (κ2) is 5.55. The molecule has 0 spiro atoms. The van der Waals surface area contributed by atoms with Crippen molar-refractivity contribution in [2.45, 2.75) is 12.8 Å². The van der Waals surface area contributed by atoms with E-state index in [0.29, 0.717) is 35.7 Å². The van der Waals surface area contributed by atoms with Crippen molar-refractivity contribution >= 4 is 11.0 Å². The standard InChI is InChI=1S/C16H14N4O2/c1-2-12-6-13(8-18-16(12)17-5-1)22-15-7-14(19-10-20-15)21-9-11-3-4-11/h1-2,5-8,10-11H,3-4,9H2. The Kier molecular flexibility index (Phi) is 3.27. The van der Waals surface area contributed by atoms with Gasteiger partial charge >= 0.3 is 0 Å². The molecule has 22 heavy (non-hydrogen) atoms. The van der Waals surface area contributed by atoms with Crippen molar-refractivity contribution in [2.24, 2.45) is 5.92 Å². The molecule has 1 aliphatic rings. The number of nitrogens with zero attached hydrogens (tertiary/aromatic N) is 4. The summed E-state index contributed by atoms with van der Waals surface area (Å²) >= 11 is 0. The first kappa shape index (κ1) is 12.9. The second-order valence-corrected chi connectivity index (χ2v) is 5.27. The number of aromatic nitrogens is 4. The lowest BCUT2D eigenvalue weighted by Crippen LogP contribution is -2.01. The molecule has 6 heteroatoms. The van der Waals surface area contributed by atoms with E-state index in [0.717, 1.165) is 5.39 Å². The van der Waals surface area contributed by atoms with Gasteiger partial charge in [0.25, 0.3) is 0 Å². The van der Waals surface area contributed by atoms with E-state index in [1.54, 1.807) is 18.5 Å². The summed E-state index contributed by atoms with van der Waals surface area (Å²) < 4.78 is 11.3. The van der Waals surface area contributed by atoms with Gasteiger partial charge in [-0.2, -0.15) is 0 Å². The summed E-state index contributed by atoms with van der Waals surface area (Å²) in [5, 5.41) is 0.916. The quantitative estimate of drug-likeness (QED) is 0.720. The zero-order valence-electron chi connectivity index (χ0n) is 11.8. The van der Waals surface area contributed by atoms with E-state index >= 15 is 0 Å². The maximum Gasteiger partial charge on any atom is 0.226 e. The van der Waals surface area contributed by atoms with E-state index in [9.17, 15) is 0 Å². The third kappa shape index (κ3) is 2.95. The topological polar surface area (TPSA) is 70.0 Å². The molecule has 0 N–H and O–H groups in total. The molecule has 6 nitrogen and oxygen atoms in total. The Morgan fingerprint density at radius 1 is 1.05 bits per heavy atom. The van der Waals surface area contributed by atoms with Crippen molar-refractivity contribution in [1.29, 1.82) is 0 Å². The lowest BCUT2D eigenvalue weighted by Gasteiger charge is -2.07. The zero-order chi connectivity index (χ0) is 14.8. The first-order chi connectivity index (χ1) is 10.9. The van der Waals surface area contributed by atoms with Gasteiger partial charge in [0.15, 0.2) is 5.65 Å². The monoisotopic (exact) mass is 294 g/mol. The summed E-state index contributed by atoms with van der Waals surface area (Å²) in [6, 6.07) is 7.37. The van der Waals surface area contributed by atoms with E-state index < -0.39 is 0 Å². The van der Waals surface area contributed by atoms with Gasteiger partial charge in [-0.1, -0.05) is 0 Å². The molecule has 0 unspecified atom stereocenters. The van der Waals surface area contributed by atoms with Crippen LogP contribution in [-0.2, 0) is 0 Å². The summed E-state index contributed by atoms with van der Waals surface area (Å²) in [5.41, 5.74) is 0.686. The molecular formula is C16H14N4O2. The molecule has 3 heterocycles. The summed E-state index contributed by atoms with van der Waals surface area (Å²) in [7, 11) is 0. The Hall–Kier alpha value is -2.76. The predicted octanol–water partition coefficient (Wildman–Crippen LogP) is 3.00. The molecule has 0 bridgehead atoms. The molecule has 0 atom stereocenters. The molecule has 0 aliphatic heterocycles. The van der Waals surface area contributed by atoms with Crippen LogP contribution >= 0.6 is 0 Å². The fourth-order valence-corrected chi connectivity index (χ4v) is 2.07. The largest absolute Gasteiger partial charge is 0.477 e. The highest BCUT2D eigenvalue weighted by Crippen LogP contribution is 2.30. The van der Waals surface area contributed by atoms with Crippen molar-refractivity contribution in [1.82, 2.24) is 19.9 Å². The van der Waals surface area contributed by atoms with Crippen molar-refractivity contribution in [3.05, 3.63) is 43.0 Å². The minimum atomic E-state index is 0.436. The number of hydrogen-bond acceptors (Lipinski definition) is 6. The smallest absolute Gasteiger partial charge is 0.226 e. The minimum absolute atomic E-state index is 0.436. The molecule has 110 valence electrons. The highest BCUT2D eigenvalue weighted by Gasteiger charge is 2.22. The van der Waals surface area contributed by atoms with Crippen LogP contribution in [0, 0.1) is 5.92 Å². The Morgan fingerprint density at radius 3 is 2.86 bits per heavy atom. The van der Waals surface area contributed by atoms with Crippen molar-refractivity contribution in [3.63, 3.8) is 0 Å². The molecule has 1 saturated carbocycles. The average molecular weight is 294 g/mol. The highest BCUT2D eigenvalue weighted by molar-refractivity contribution is 5.75. The van der Waals surface area contributed by atoms with E-state index in [-0.39, 0.29) is 0 Å². The van der Waals surface area contributed by atoms with E-state index in [4.69, 9.17) is 9.47 Å². The van der Waals surface area contributed by atoms with Gasteiger partial charge in [0.2, 0.25) is 11.8 Å². The van der Waals surface area contributed by atoms with Crippen LogP contribution in [0.5, 0.6) is 17.5 Å². The first-order valence-corrected chi connectivity index (χ1v) is 7.20. The van der Waals surface area contributed by atoms with E-state index in [1.165, 1.54) is 19.2 Å². The minimum Gasteiger partial charge on any atom is -0.477 e. The molecule has 0 radical (unpaired) electrons.